The van der Waals surface area contributed by atoms with Crippen molar-refractivity contribution < 1.29 is 5.11 Å². The normalized spacial score (nSPS) is 18.6. The predicted octanol–water partition coefficient (Wildman–Crippen LogP) is 2.43. The van der Waals surface area contributed by atoms with Crippen molar-refractivity contribution >= 4 is 5.82 Å². The number of nitrogens with zero attached hydrogens (tertiary/aromatic N) is 2. The highest BCUT2D eigenvalue weighted by Gasteiger charge is 2.14. The minimum Gasteiger partial charge on any atom is -0.389 e. The molecule has 2 rings (SSSR count). The first kappa shape index (κ1) is 11.4. The first-order valence-electron chi connectivity index (χ1n) is 6.09. The van der Waals surface area contributed by atoms with Gasteiger partial charge in [0.1, 0.15) is 5.82 Å². The number of pyridine rings is 1. The van der Waals surface area contributed by atoms with Gasteiger partial charge in [0.05, 0.1) is 6.10 Å². The Balaban J connectivity index is 2.19. The van der Waals surface area contributed by atoms with Gasteiger partial charge in [-0.25, -0.2) is 4.98 Å². The molecule has 0 radical (unpaired) electrons. The first-order chi connectivity index (χ1) is 7.68. The number of piperidine rings is 1. The van der Waals surface area contributed by atoms with Crippen LogP contribution in [0.5, 0.6) is 0 Å². The van der Waals surface area contributed by atoms with E-state index in [1.807, 2.05) is 19.1 Å². The number of anilines is 1. The van der Waals surface area contributed by atoms with E-state index >= 15 is 0 Å². The molecular formula is C13H20N2O. The molecule has 16 heavy (non-hydrogen) atoms. The highest BCUT2D eigenvalue weighted by atomic mass is 16.3. The minimum absolute atomic E-state index is 0.428. The van der Waals surface area contributed by atoms with E-state index in [0.29, 0.717) is 0 Å². The fourth-order valence-electron chi connectivity index (χ4n) is 2.30. The van der Waals surface area contributed by atoms with E-state index in [0.717, 1.165) is 30.2 Å². The molecule has 0 bridgehead atoms. The molecule has 88 valence electrons. The lowest BCUT2D eigenvalue weighted by molar-refractivity contribution is 0.198. The van der Waals surface area contributed by atoms with Crippen molar-refractivity contribution in [1.29, 1.82) is 0 Å². The average Bonchev–Trinajstić information content (AvgIpc) is 2.29. The van der Waals surface area contributed by atoms with Gasteiger partial charge >= 0.3 is 0 Å². The van der Waals surface area contributed by atoms with Crippen LogP contribution in [0.15, 0.2) is 12.1 Å². The third-order valence-corrected chi connectivity index (χ3v) is 3.24. The molecule has 3 nitrogen and oxygen atoms in total. The van der Waals surface area contributed by atoms with Crippen LogP contribution in [0.1, 0.15) is 43.5 Å². The Kier molecular flexibility index (Phi) is 3.44. The Morgan fingerprint density at radius 1 is 1.25 bits per heavy atom. The molecule has 3 heteroatoms. The minimum atomic E-state index is -0.428. The zero-order valence-corrected chi connectivity index (χ0v) is 10.1. The van der Waals surface area contributed by atoms with Crippen molar-refractivity contribution in [3.05, 3.63) is 23.4 Å². The lowest BCUT2D eigenvalue weighted by Crippen LogP contribution is -2.30. The summed E-state index contributed by atoms with van der Waals surface area (Å²) in [6, 6.07) is 4.03. The number of hydrogen-bond acceptors (Lipinski definition) is 3. The molecule has 0 aliphatic carbocycles. The molecule has 0 saturated carbocycles. The molecule has 1 N–H and O–H groups in total. The summed E-state index contributed by atoms with van der Waals surface area (Å²) >= 11 is 0. The van der Waals surface area contributed by atoms with Crippen molar-refractivity contribution in [2.75, 3.05) is 18.0 Å². The van der Waals surface area contributed by atoms with Crippen LogP contribution in [0, 0.1) is 6.92 Å². The Hall–Kier alpha value is -1.09. The van der Waals surface area contributed by atoms with Crippen LogP contribution in [-0.4, -0.2) is 23.2 Å². The average molecular weight is 220 g/mol. The molecule has 1 aromatic rings. The largest absolute Gasteiger partial charge is 0.389 e. The van der Waals surface area contributed by atoms with Gasteiger partial charge in [-0.2, -0.15) is 0 Å². The van der Waals surface area contributed by atoms with Crippen LogP contribution in [0.25, 0.3) is 0 Å². The summed E-state index contributed by atoms with van der Waals surface area (Å²) in [6.07, 6.45) is 3.43. The first-order valence-corrected chi connectivity index (χ1v) is 6.09. The molecule has 0 unspecified atom stereocenters. The van der Waals surface area contributed by atoms with Gasteiger partial charge in [0.2, 0.25) is 0 Å². The van der Waals surface area contributed by atoms with E-state index in [1.165, 1.54) is 19.3 Å². The van der Waals surface area contributed by atoms with Crippen molar-refractivity contribution in [3.8, 4) is 0 Å². The van der Waals surface area contributed by atoms with Crippen molar-refractivity contribution in [3.63, 3.8) is 0 Å². The number of rotatable bonds is 2. The van der Waals surface area contributed by atoms with Gasteiger partial charge in [-0.1, -0.05) is 6.07 Å². The van der Waals surface area contributed by atoms with E-state index in [9.17, 15) is 5.11 Å². The summed E-state index contributed by atoms with van der Waals surface area (Å²) < 4.78 is 0. The lowest BCUT2D eigenvalue weighted by atomic mass is 10.1. The van der Waals surface area contributed by atoms with Gasteiger partial charge in [-0.3, -0.25) is 0 Å². The van der Waals surface area contributed by atoms with Crippen LogP contribution in [0.3, 0.4) is 0 Å². The third kappa shape index (κ3) is 2.35. The molecule has 1 aliphatic heterocycles. The van der Waals surface area contributed by atoms with Crippen LogP contribution in [0.2, 0.25) is 0 Å². The van der Waals surface area contributed by atoms with Gasteiger partial charge in [0.15, 0.2) is 0 Å². The smallest absolute Gasteiger partial charge is 0.128 e. The van der Waals surface area contributed by atoms with E-state index in [-0.39, 0.29) is 0 Å². The number of aliphatic hydroxyl groups is 1. The SMILES string of the molecule is Cc1nc(N2CCCCC2)ccc1[C@@H](C)O. The van der Waals surface area contributed by atoms with Crippen LogP contribution in [-0.2, 0) is 0 Å². The zero-order valence-electron chi connectivity index (χ0n) is 10.1. The molecule has 1 aromatic heterocycles. The quantitative estimate of drug-likeness (QED) is 0.831. The fourth-order valence-corrected chi connectivity index (χ4v) is 2.30. The summed E-state index contributed by atoms with van der Waals surface area (Å²) in [5.41, 5.74) is 1.87. The topological polar surface area (TPSA) is 36.4 Å². The lowest BCUT2D eigenvalue weighted by Gasteiger charge is -2.28. The summed E-state index contributed by atoms with van der Waals surface area (Å²) in [5.74, 6) is 1.06. The molecule has 0 aromatic carbocycles. The summed E-state index contributed by atoms with van der Waals surface area (Å²) in [6.45, 7) is 5.97. The Bertz CT molecular complexity index is 357. The highest BCUT2D eigenvalue weighted by Crippen LogP contribution is 2.22. The maximum Gasteiger partial charge on any atom is 0.128 e. The van der Waals surface area contributed by atoms with Crippen molar-refractivity contribution in [2.24, 2.45) is 0 Å². The second-order valence-corrected chi connectivity index (χ2v) is 4.57. The van der Waals surface area contributed by atoms with Crippen molar-refractivity contribution in [2.45, 2.75) is 39.2 Å². The zero-order chi connectivity index (χ0) is 11.5. The molecule has 1 fully saturated rings. The van der Waals surface area contributed by atoms with E-state index in [4.69, 9.17) is 0 Å². The monoisotopic (exact) mass is 220 g/mol. The molecule has 1 saturated heterocycles. The Labute approximate surface area is 97.1 Å². The van der Waals surface area contributed by atoms with Gasteiger partial charge in [0.25, 0.3) is 0 Å². The van der Waals surface area contributed by atoms with Crippen LogP contribution in [0.4, 0.5) is 5.82 Å². The number of aliphatic hydroxyl groups excluding tert-OH is 1. The van der Waals surface area contributed by atoms with Gasteiger partial charge in [0, 0.05) is 24.3 Å². The number of aromatic nitrogens is 1. The number of hydrogen-bond donors (Lipinski definition) is 1. The fraction of sp³-hybridized carbons (Fsp3) is 0.615. The Morgan fingerprint density at radius 3 is 2.50 bits per heavy atom. The molecular weight excluding hydrogens is 200 g/mol. The Morgan fingerprint density at radius 2 is 1.94 bits per heavy atom. The van der Waals surface area contributed by atoms with E-state index in [2.05, 4.69) is 9.88 Å². The maximum atomic E-state index is 9.55. The number of aryl methyl sites for hydroxylation is 1. The summed E-state index contributed by atoms with van der Waals surface area (Å²) in [4.78, 5) is 6.92. The summed E-state index contributed by atoms with van der Waals surface area (Å²) in [7, 11) is 0. The molecule has 0 amide bonds. The second-order valence-electron chi connectivity index (χ2n) is 4.57. The van der Waals surface area contributed by atoms with Gasteiger partial charge < -0.3 is 10.0 Å². The standard InChI is InChI=1S/C13H20N2O/c1-10-12(11(2)16)6-7-13(14-10)15-8-4-3-5-9-15/h6-7,11,16H,3-5,8-9H2,1-2H3/t11-/m1/s1. The molecule has 2 heterocycles. The predicted molar refractivity (Wildman–Crippen MR) is 65.7 cm³/mol. The highest BCUT2D eigenvalue weighted by molar-refractivity contribution is 5.42. The van der Waals surface area contributed by atoms with Crippen LogP contribution >= 0.6 is 0 Å². The van der Waals surface area contributed by atoms with E-state index in [1.54, 1.807) is 6.92 Å². The molecule has 0 spiro atoms. The van der Waals surface area contributed by atoms with Gasteiger partial charge in [-0.05, 0) is 39.2 Å². The maximum absolute atomic E-state index is 9.55. The van der Waals surface area contributed by atoms with Crippen LogP contribution < -0.4 is 4.90 Å². The second kappa shape index (κ2) is 4.83. The molecule has 1 aliphatic rings. The third-order valence-electron chi connectivity index (χ3n) is 3.24. The van der Waals surface area contributed by atoms with Gasteiger partial charge in [-0.15, -0.1) is 0 Å². The van der Waals surface area contributed by atoms with Crippen molar-refractivity contribution in [1.82, 2.24) is 4.98 Å². The van der Waals surface area contributed by atoms with E-state index < -0.39 is 6.10 Å². The molecule has 1 atom stereocenters. The summed E-state index contributed by atoms with van der Waals surface area (Å²) in [5, 5.41) is 9.55.